The molecule has 0 unspecified atom stereocenters. The molecule has 1 heterocycles. The summed E-state index contributed by atoms with van der Waals surface area (Å²) in [7, 11) is 1.80. The van der Waals surface area contributed by atoms with Crippen LogP contribution in [0.1, 0.15) is 0 Å². The Hall–Kier alpha value is -2.50. The van der Waals surface area contributed by atoms with E-state index in [-0.39, 0.29) is 5.69 Å². The number of hydrogen-bond acceptors (Lipinski definition) is 5. The molecule has 0 saturated carbocycles. The van der Waals surface area contributed by atoms with Crippen molar-refractivity contribution in [3.63, 3.8) is 0 Å². The number of nitro groups is 1. The molecule has 0 atom stereocenters. The van der Waals surface area contributed by atoms with E-state index in [0.717, 1.165) is 5.69 Å². The third-order valence-electron chi connectivity index (χ3n) is 2.28. The van der Waals surface area contributed by atoms with Crippen molar-refractivity contribution >= 4 is 17.3 Å². The first-order valence-electron chi connectivity index (χ1n) is 4.93. The number of anilines is 2. The highest BCUT2D eigenvalue weighted by atomic mass is 16.6. The van der Waals surface area contributed by atoms with Crippen LogP contribution in [0.25, 0.3) is 0 Å². The van der Waals surface area contributed by atoms with Crippen molar-refractivity contribution in [3.05, 3.63) is 52.8 Å². The monoisotopic (exact) mass is 230 g/mol. The number of nitrogens with zero attached hydrogens (tertiary/aromatic N) is 4. The highest BCUT2D eigenvalue weighted by molar-refractivity contribution is 5.55. The van der Waals surface area contributed by atoms with Gasteiger partial charge in [0.15, 0.2) is 0 Å². The van der Waals surface area contributed by atoms with Gasteiger partial charge in [0, 0.05) is 12.7 Å². The fourth-order valence-corrected chi connectivity index (χ4v) is 1.35. The van der Waals surface area contributed by atoms with Gasteiger partial charge in [0.25, 0.3) is 0 Å². The topological polar surface area (TPSA) is 72.2 Å². The maximum Gasteiger partial charge on any atom is 0.305 e. The lowest BCUT2D eigenvalue weighted by molar-refractivity contribution is -0.385. The van der Waals surface area contributed by atoms with Crippen LogP contribution in [0.4, 0.5) is 17.3 Å². The molecule has 2 rings (SSSR count). The molecule has 0 bridgehead atoms. The molecule has 0 amide bonds. The Balaban J connectivity index is 2.26. The summed E-state index contributed by atoms with van der Waals surface area (Å²) in [6.07, 6.45) is 2.39. The van der Waals surface area contributed by atoms with E-state index in [1.54, 1.807) is 11.9 Å². The van der Waals surface area contributed by atoms with Gasteiger partial charge >= 0.3 is 5.69 Å². The highest BCUT2D eigenvalue weighted by Crippen LogP contribution is 2.19. The van der Waals surface area contributed by atoms with Crippen LogP contribution in [0.2, 0.25) is 0 Å². The molecule has 6 heteroatoms. The van der Waals surface area contributed by atoms with Crippen LogP contribution < -0.4 is 4.90 Å². The third-order valence-corrected chi connectivity index (χ3v) is 2.28. The summed E-state index contributed by atoms with van der Waals surface area (Å²) in [5, 5.41) is 10.5. The fourth-order valence-electron chi connectivity index (χ4n) is 1.35. The summed E-state index contributed by atoms with van der Waals surface area (Å²) in [6.45, 7) is 0. The maximum absolute atomic E-state index is 10.5. The smallest absolute Gasteiger partial charge is 0.305 e. The van der Waals surface area contributed by atoms with E-state index in [0.29, 0.717) is 5.95 Å². The molecule has 0 spiro atoms. The largest absolute Gasteiger partial charge is 0.314 e. The molecule has 1 aromatic heterocycles. The van der Waals surface area contributed by atoms with Gasteiger partial charge in [0.1, 0.15) is 12.4 Å². The Morgan fingerprint density at radius 3 is 2.29 bits per heavy atom. The van der Waals surface area contributed by atoms with Crippen molar-refractivity contribution in [2.75, 3.05) is 11.9 Å². The van der Waals surface area contributed by atoms with E-state index in [2.05, 4.69) is 9.97 Å². The normalized spacial score (nSPS) is 9.94. The predicted octanol–water partition coefficient (Wildman–Crippen LogP) is 2.15. The number of hydrogen-bond donors (Lipinski definition) is 0. The van der Waals surface area contributed by atoms with E-state index >= 15 is 0 Å². The Bertz CT molecular complexity index is 513. The summed E-state index contributed by atoms with van der Waals surface area (Å²) in [5.41, 5.74) is 0.802. The molecule has 0 radical (unpaired) electrons. The number of para-hydroxylation sites is 1. The minimum Gasteiger partial charge on any atom is -0.314 e. The van der Waals surface area contributed by atoms with Gasteiger partial charge in [0.05, 0.1) is 4.92 Å². The Labute approximate surface area is 97.7 Å². The summed E-state index contributed by atoms with van der Waals surface area (Å²) in [6, 6.07) is 9.53. The lowest BCUT2D eigenvalue weighted by Gasteiger charge is -2.16. The number of benzene rings is 1. The Kier molecular flexibility index (Phi) is 2.95. The van der Waals surface area contributed by atoms with Crippen LogP contribution in [0.5, 0.6) is 0 Å². The van der Waals surface area contributed by atoms with Crippen molar-refractivity contribution in [2.24, 2.45) is 0 Å². The zero-order chi connectivity index (χ0) is 12.3. The molecule has 17 heavy (non-hydrogen) atoms. The van der Waals surface area contributed by atoms with Crippen LogP contribution in [-0.2, 0) is 0 Å². The number of aromatic nitrogens is 2. The third kappa shape index (κ3) is 2.36. The molecular formula is C11H10N4O2. The second-order valence-electron chi connectivity index (χ2n) is 3.39. The van der Waals surface area contributed by atoms with E-state index in [1.807, 2.05) is 30.3 Å². The SMILES string of the molecule is CN(c1ccccc1)c1ncc([N+](=O)[O-])cn1. The average molecular weight is 230 g/mol. The molecular weight excluding hydrogens is 220 g/mol. The van der Waals surface area contributed by atoms with Gasteiger partial charge in [-0.3, -0.25) is 10.1 Å². The maximum atomic E-state index is 10.5. The summed E-state index contributed by atoms with van der Waals surface area (Å²) >= 11 is 0. The van der Waals surface area contributed by atoms with Gasteiger partial charge in [-0.2, -0.15) is 0 Å². The van der Waals surface area contributed by atoms with Gasteiger partial charge in [-0.05, 0) is 12.1 Å². The van der Waals surface area contributed by atoms with Gasteiger partial charge < -0.3 is 4.90 Å². The summed E-state index contributed by atoms with van der Waals surface area (Å²) in [5.74, 6) is 0.418. The van der Waals surface area contributed by atoms with Gasteiger partial charge in [-0.15, -0.1) is 0 Å². The zero-order valence-corrected chi connectivity index (χ0v) is 9.15. The van der Waals surface area contributed by atoms with Crippen LogP contribution >= 0.6 is 0 Å². The highest BCUT2D eigenvalue weighted by Gasteiger charge is 2.10. The molecule has 2 aromatic rings. The summed E-state index contributed by atoms with van der Waals surface area (Å²) < 4.78 is 0. The second-order valence-corrected chi connectivity index (χ2v) is 3.39. The van der Waals surface area contributed by atoms with Crippen LogP contribution in [0.15, 0.2) is 42.7 Å². The molecule has 0 fully saturated rings. The van der Waals surface area contributed by atoms with Crippen molar-refractivity contribution in [1.29, 1.82) is 0 Å². The van der Waals surface area contributed by atoms with Crippen molar-refractivity contribution < 1.29 is 4.92 Å². The quantitative estimate of drug-likeness (QED) is 0.596. The number of rotatable bonds is 3. The lowest BCUT2D eigenvalue weighted by Crippen LogP contribution is -2.12. The summed E-state index contributed by atoms with van der Waals surface area (Å²) in [4.78, 5) is 19.6. The standard InChI is InChI=1S/C11H10N4O2/c1-14(9-5-3-2-4-6-9)11-12-7-10(8-13-11)15(16)17/h2-8H,1H3. The van der Waals surface area contributed by atoms with E-state index in [4.69, 9.17) is 0 Å². The first kappa shape index (κ1) is 11.0. The molecule has 86 valence electrons. The van der Waals surface area contributed by atoms with Gasteiger partial charge in [0.2, 0.25) is 5.95 Å². The Morgan fingerprint density at radius 2 is 1.76 bits per heavy atom. The molecule has 0 N–H and O–H groups in total. The zero-order valence-electron chi connectivity index (χ0n) is 9.15. The van der Waals surface area contributed by atoms with E-state index in [1.165, 1.54) is 12.4 Å². The van der Waals surface area contributed by atoms with Crippen LogP contribution in [-0.4, -0.2) is 21.9 Å². The first-order chi connectivity index (χ1) is 8.18. The minimum absolute atomic E-state index is 0.116. The molecule has 0 aliphatic rings. The van der Waals surface area contributed by atoms with Crippen molar-refractivity contribution in [3.8, 4) is 0 Å². The minimum atomic E-state index is -0.522. The van der Waals surface area contributed by atoms with E-state index < -0.39 is 4.92 Å². The van der Waals surface area contributed by atoms with Crippen molar-refractivity contribution in [1.82, 2.24) is 9.97 Å². The van der Waals surface area contributed by atoms with Crippen LogP contribution in [0.3, 0.4) is 0 Å². The fraction of sp³-hybridized carbons (Fsp3) is 0.0909. The average Bonchev–Trinajstić information content (AvgIpc) is 2.39. The van der Waals surface area contributed by atoms with Crippen LogP contribution in [0, 0.1) is 10.1 Å². The molecule has 0 aliphatic carbocycles. The van der Waals surface area contributed by atoms with Gasteiger partial charge in [-0.25, -0.2) is 9.97 Å². The predicted molar refractivity (Wildman–Crippen MR) is 63.2 cm³/mol. The molecule has 0 saturated heterocycles. The second kappa shape index (κ2) is 4.56. The van der Waals surface area contributed by atoms with Crippen molar-refractivity contribution in [2.45, 2.75) is 0 Å². The molecule has 0 aliphatic heterocycles. The van der Waals surface area contributed by atoms with E-state index in [9.17, 15) is 10.1 Å². The molecule has 1 aromatic carbocycles. The first-order valence-corrected chi connectivity index (χ1v) is 4.93. The lowest BCUT2D eigenvalue weighted by atomic mass is 10.3. The van der Waals surface area contributed by atoms with Gasteiger partial charge in [-0.1, -0.05) is 18.2 Å². The molecule has 6 nitrogen and oxygen atoms in total. The Morgan fingerprint density at radius 1 is 1.18 bits per heavy atom.